The maximum Gasteiger partial charge on any atom is 0.116 e. The largest absolute Gasteiger partial charge is 0.390 e. The summed E-state index contributed by atoms with van der Waals surface area (Å²) in [5.41, 5.74) is 4.85. The van der Waals surface area contributed by atoms with Gasteiger partial charge in [-0.1, -0.05) is 20.4 Å². The van der Waals surface area contributed by atoms with Crippen molar-refractivity contribution in [3.8, 4) is 0 Å². The molecule has 0 fully saturated rings. The van der Waals surface area contributed by atoms with Gasteiger partial charge in [-0.15, -0.1) is 0 Å². The van der Waals surface area contributed by atoms with E-state index in [9.17, 15) is 0 Å². The molecule has 0 aromatic rings. The lowest BCUT2D eigenvalue weighted by atomic mass is 11.0. The topological polar surface area (TPSA) is 50.7 Å². The van der Waals surface area contributed by atoms with E-state index in [4.69, 9.17) is 5.73 Å². The summed E-state index contributed by atoms with van der Waals surface area (Å²) in [7, 11) is 0. The minimum absolute atomic E-state index is 1.16. The van der Waals surface area contributed by atoms with E-state index in [0.29, 0.717) is 0 Å². The van der Waals surface area contributed by atoms with Gasteiger partial charge in [0.1, 0.15) is 6.34 Å². The Morgan fingerprint density at radius 2 is 1.89 bits per heavy atom. The SMILES string of the molecule is C=CN=CN=CN.CC. The molecule has 0 unspecified atom stereocenters. The molecular weight excluding hydrogens is 114 g/mol. The third kappa shape index (κ3) is 19.8. The van der Waals surface area contributed by atoms with Gasteiger partial charge in [0.05, 0.1) is 6.34 Å². The molecule has 0 heterocycles. The van der Waals surface area contributed by atoms with Crippen molar-refractivity contribution in [3.05, 3.63) is 12.8 Å². The van der Waals surface area contributed by atoms with Gasteiger partial charge < -0.3 is 5.73 Å². The predicted octanol–water partition coefficient (Wildman–Crippen LogP) is 1.17. The van der Waals surface area contributed by atoms with Gasteiger partial charge in [-0.05, 0) is 0 Å². The van der Waals surface area contributed by atoms with Crippen LogP contribution < -0.4 is 5.73 Å². The molecule has 0 spiro atoms. The summed E-state index contributed by atoms with van der Waals surface area (Å²) in [5.74, 6) is 0. The van der Waals surface area contributed by atoms with Crippen molar-refractivity contribution in [1.82, 2.24) is 0 Å². The first-order chi connectivity index (χ1) is 4.41. The molecule has 9 heavy (non-hydrogen) atoms. The van der Waals surface area contributed by atoms with Gasteiger partial charge in [0, 0.05) is 6.20 Å². The first-order valence-electron chi connectivity index (χ1n) is 2.77. The van der Waals surface area contributed by atoms with Crippen LogP contribution in [0.3, 0.4) is 0 Å². The molecule has 3 nitrogen and oxygen atoms in total. The van der Waals surface area contributed by atoms with Crippen molar-refractivity contribution >= 4 is 12.7 Å². The second-order valence-corrected chi connectivity index (χ2v) is 0.745. The predicted molar refractivity (Wildman–Crippen MR) is 42.7 cm³/mol. The van der Waals surface area contributed by atoms with E-state index in [0.717, 1.165) is 6.34 Å². The third-order valence-electron chi connectivity index (χ3n) is 0.325. The first kappa shape index (κ1) is 10.8. The van der Waals surface area contributed by atoms with E-state index < -0.39 is 0 Å². The summed E-state index contributed by atoms with van der Waals surface area (Å²) < 4.78 is 0. The summed E-state index contributed by atoms with van der Waals surface area (Å²) in [6.07, 6.45) is 3.85. The highest BCUT2D eigenvalue weighted by atomic mass is 14.9. The summed E-state index contributed by atoms with van der Waals surface area (Å²) in [5, 5.41) is 0. The van der Waals surface area contributed by atoms with Gasteiger partial charge in [0.15, 0.2) is 0 Å². The van der Waals surface area contributed by atoms with E-state index >= 15 is 0 Å². The van der Waals surface area contributed by atoms with Crippen LogP contribution in [0.2, 0.25) is 0 Å². The van der Waals surface area contributed by atoms with Crippen LogP contribution in [0.15, 0.2) is 22.8 Å². The number of aliphatic imine (C=N–C) groups is 2. The molecular formula is C6H13N3. The van der Waals surface area contributed by atoms with Crippen molar-refractivity contribution in [3.63, 3.8) is 0 Å². The molecule has 0 aromatic carbocycles. The Morgan fingerprint density at radius 3 is 2.22 bits per heavy atom. The summed E-state index contributed by atoms with van der Waals surface area (Å²) in [6, 6.07) is 0. The lowest BCUT2D eigenvalue weighted by molar-refractivity contribution is 1.50. The Labute approximate surface area is 56.0 Å². The highest BCUT2D eigenvalue weighted by Gasteiger charge is 1.52. The van der Waals surface area contributed by atoms with Crippen molar-refractivity contribution in [2.75, 3.05) is 0 Å². The minimum atomic E-state index is 1.16. The van der Waals surface area contributed by atoms with Gasteiger partial charge in [-0.25, -0.2) is 9.98 Å². The van der Waals surface area contributed by atoms with Crippen LogP contribution >= 0.6 is 0 Å². The third-order valence-corrected chi connectivity index (χ3v) is 0.325. The zero-order chi connectivity index (χ0) is 7.54. The molecule has 0 radical (unpaired) electrons. The van der Waals surface area contributed by atoms with Crippen molar-refractivity contribution in [2.24, 2.45) is 15.7 Å². The van der Waals surface area contributed by atoms with Crippen molar-refractivity contribution < 1.29 is 0 Å². The highest BCUT2D eigenvalue weighted by molar-refractivity contribution is 5.69. The fourth-order valence-corrected chi connectivity index (χ4v) is 0.124. The smallest absolute Gasteiger partial charge is 0.116 e. The van der Waals surface area contributed by atoms with Crippen LogP contribution in [0.5, 0.6) is 0 Å². The quantitative estimate of drug-likeness (QED) is 0.439. The van der Waals surface area contributed by atoms with E-state index in [1.165, 1.54) is 12.5 Å². The van der Waals surface area contributed by atoms with Gasteiger partial charge in [0.25, 0.3) is 0 Å². The maximum absolute atomic E-state index is 4.85. The molecule has 3 heteroatoms. The van der Waals surface area contributed by atoms with Crippen LogP contribution in [-0.4, -0.2) is 12.7 Å². The van der Waals surface area contributed by atoms with Crippen molar-refractivity contribution in [2.45, 2.75) is 13.8 Å². The molecule has 0 aromatic heterocycles. The minimum Gasteiger partial charge on any atom is -0.390 e. The number of hydrogen-bond donors (Lipinski definition) is 1. The number of nitrogens with zero attached hydrogens (tertiary/aromatic N) is 2. The molecule has 0 aliphatic rings. The van der Waals surface area contributed by atoms with E-state index in [-0.39, 0.29) is 0 Å². The van der Waals surface area contributed by atoms with Crippen LogP contribution in [0, 0.1) is 0 Å². The van der Waals surface area contributed by atoms with Crippen molar-refractivity contribution in [1.29, 1.82) is 0 Å². The lowest BCUT2D eigenvalue weighted by Gasteiger charge is -1.67. The molecule has 0 rings (SSSR count). The summed E-state index contributed by atoms with van der Waals surface area (Å²) >= 11 is 0. The zero-order valence-corrected chi connectivity index (χ0v) is 5.91. The fourth-order valence-electron chi connectivity index (χ4n) is 0.124. The Morgan fingerprint density at radius 1 is 1.33 bits per heavy atom. The zero-order valence-electron chi connectivity index (χ0n) is 5.91. The first-order valence-corrected chi connectivity index (χ1v) is 2.77. The Balaban J connectivity index is 0. The summed E-state index contributed by atoms with van der Waals surface area (Å²) in [6.45, 7) is 7.32. The molecule has 0 aliphatic carbocycles. The fraction of sp³-hybridized carbons (Fsp3) is 0.333. The molecule has 0 saturated carbocycles. The average molecular weight is 127 g/mol. The normalized spacial score (nSPS) is 9.11. The van der Waals surface area contributed by atoms with Crippen LogP contribution in [0.4, 0.5) is 0 Å². The molecule has 0 amide bonds. The monoisotopic (exact) mass is 127 g/mol. The Bertz CT molecular complexity index is 94.5. The Kier molecular flexibility index (Phi) is 18.9. The van der Waals surface area contributed by atoms with Crippen LogP contribution in [0.25, 0.3) is 0 Å². The molecule has 2 N–H and O–H groups in total. The number of nitrogens with two attached hydrogens (primary N) is 1. The number of rotatable bonds is 2. The molecule has 52 valence electrons. The van der Waals surface area contributed by atoms with E-state index in [1.54, 1.807) is 0 Å². The highest BCUT2D eigenvalue weighted by Crippen LogP contribution is 1.61. The molecule has 0 aliphatic heterocycles. The molecule has 0 saturated heterocycles. The standard InChI is InChI=1S/C4H7N3.C2H6/c1-2-6-4-7-3-5;1-2/h2-4H,1H2,(H2,5,6,7);1-2H3. The number of hydrogen-bond acceptors (Lipinski definition) is 1. The molecule has 0 atom stereocenters. The van der Waals surface area contributed by atoms with Crippen LogP contribution in [-0.2, 0) is 0 Å². The molecule has 0 bridgehead atoms. The average Bonchev–Trinajstić information content (AvgIpc) is 1.94. The van der Waals surface area contributed by atoms with Crippen LogP contribution in [0.1, 0.15) is 13.8 Å². The lowest BCUT2D eigenvalue weighted by Crippen LogP contribution is -1.86. The van der Waals surface area contributed by atoms with Gasteiger partial charge in [-0.2, -0.15) is 0 Å². The summed E-state index contributed by atoms with van der Waals surface area (Å²) in [4.78, 5) is 6.97. The maximum atomic E-state index is 4.85. The van der Waals surface area contributed by atoms with Gasteiger partial charge in [-0.3, -0.25) is 0 Å². The van der Waals surface area contributed by atoms with E-state index in [2.05, 4.69) is 16.6 Å². The second kappa shape index (κ2) is 15.8. The van der Waals surface area contributed by atoms with Gasteiger partial charge in [0.2, 0.25) is 0 Å². The van der Waals surface area contributed by atoms with E-state index in [1.807, 2.05) is 13.8 Å². The second-order valence-electron chi connectivity index (χ2n) is 0.745. The van der Waals surface area contributed by atoms with Gasteiger partial charge >= 0.3 is 0 Å². The Hall–Kier alpha value is -1.12.